The Kier molecular flexibility index (Phi) is 7.58. The lowest BCUT2D eigenvalue weighted by Gasteiger charge is -2.36. The van der Waals surface area contributed by atoms with Gasteiger partial charge >= 0.3 is 24.0 Å². The number of carbonyl (C=O) groups excluding carboxylic acids is 2. The van der Waals surface area contributed by atoms with E-state index >= 15 is 0 Å². The van der Waals surface area contributed by atoms with E-state index in [0.29, 0.717) is 12.1 Å². The van der Waals surface area contributed by atoms with Gasteiger partial charge in [-0.25, -0.2) is 4.79 Å². The molecule has 1 rings (SSSR count). The molecular formula is C16H17ClF6N2O3. The average Bonchev–Trinajstić information content (AvgIpc) is 2.54. The quantitative estimate of drug-likeness (QED) is 0.376. The van der Waals surface area contributed by atoms with E-state index in [9.17, 15) is 35.9 Å². The summed E-state index contributed by atoms with van der Waals surface area (Å²) in [6.45, 7) is 2.19. The summed E-state index contributed by atoms with van der Waals surface area (Å²) in [6, 6.07) is 1.92. The highest BCUT2D eigenvalue weighted by molar-refractivity contribution is 6.30. The van der Waals surface area contributed by atoms with Gasteiger partial charge in [-0.2, -0.15) is 26.3 Å². The highest BCUT2D eigenvalue weighted by Gasteiger charge is 2.64. The lowest BCUT2D eigenvalue weighted by molar-refractivity contribution is -0.208. The van der Waals surface area contributed by atoms with Crippen LogP contribution >= 0.6 is 11.6 Å². The van der Waals surface area contributed by atoms with Crippen LogP contribution in [0.2, 0.25) is 5.02 Å². The van der Waals surface area contributed by atoms with Gasteiger partial charge in [-0.05, 0) is 31.5 Å². The largest absolute Gasteiger partial charge is 0.463 e. The maximum Gasteiger partial charge on any atom is 0.441 e. The Morgan fingerprint density at radius 3 is 2.18 bits per heavy atom. The molecule has 1 aromatic rings. The molecule has 0 fully saturated rings. The van der Waals surface area contributed by atoms with Gasteiger partial charge < -0.3 is 15.4 Å². The maximum atomic E-state index is 13.9. The number of ether oxygens (including phenoxy) is 1. The molecule has 12 heteroatoms. The summed E-state index contributed by atoms with van der Waals surface area (Å²) in [6.07, 6.45) is -10.9. The molecule has 0 spiro atoms. The van der Waals surface area contributed by atoms with Crippen LogP contribution in [0.15, 0.2) is 18.2 Å². The number of carbonyl (C=O) groups is 2. The van der Waals surface area contributed by atoms with Gasteiger partial charge in [0.2, 0.25) is 5.91 Å². The molecule has 0 aliphatic carbocycles. The predicted molar refractivity (Wildman–Crippen MR) is 88.5 cm³/mol. The zero-order valence-corrected chi connectivity index (χ0v) is 15.5. The average molecular weight is 435 g/mol. The second-order valence-electron chi connectivity index (χ2n) is 5.58. The van der Waals surface area contributed by atoms with Crippen molar-refractivity contribution in [1.29, 1.82) is 0 Å². The number of hydrogen-bond donors (Lipinski definition) is 2. The number of esters is 1. The SMILES string of the molecule is CCCC(=O)N[C@@](Nc1ccc(Cl)cc1C(F)(F)F)(C(=O)OCC)C(F)(F)F. The zero-order chi connectivity index (χ0) is 21.8. The molecule has 1 atom stereocenters. The molecule has 0 heterocycles. The van der Waals surface area contributed by atoms with Crippen LogP contribution in [0.25, 0.3) is 0 Å². The van der Waals surface area contributed by atoms with Crippen LogP contribution in [0.1, 0.15) is 32.3 Å². The van der Waals surface area contributed by atoms with Gasteiger partial charge in [-0.3, -0.25) is 4.79 Å². The summed E-state index contributed by atoms with van der Waals surface area (Å²) in [5.74, 6) is -3.21. The summed E-state index contributed by atoms with van der Waals surface area (Å²) in [7, 11) is 0. The van der Waals surface area contributed by atoms with E-state index in [1.807, 2.05) is 0 Å². The second kappa shape index (κ2) is 8.89. The first-order valence-corrected chi connectivity index (χ1v) is 8.36. The fourth-order valence-corrected chi connectivity index (χ4v) is 2.36. The fraction of sp³-hybridized carbons (Fsp3) is 0.500. The van der Waals surface area contributed by atoms with E-state index in [-0.39, 0.29) is 11.4 Å². The lowest BCUT2D eigenvalue weighted by Crippen LogP contribution is -2.69. The minimum atomic E-state index is -5.54. The number of amides is 1. The molecule has 0 aromatic heterocycles. The van der Waals surface area contributed by atoms with Crippen LogP contribution < -0.4 is 10.6 Å². The van der Waals surface area contributed by atoms with Gasteiger partial charge in [0, 0.05) is 17.1 Å². The first-order valence-electron chi connectivity index (χ1n) is 7.98. The van der Waals surface area contributed by atoms with Crippen molar-refractivity contribution in [3.8, 4) is 0 Å². The van der Waals surface area contributed by atoms with Crippen LogP contribution in [0.5, 0.6) is 0 Å². The number of nitrogens with one attached hydrogen (secondary N) is 2. The van der Waals surface area contributed by atoms with E-state index < -0.39 is 54.2 Å². The third kappa shape index (κ3) is 5.43. The van der Waals surface area contributed by atoms with Crippen molar-refractivity contribution in [2.75, 3.05) is 11.9 Å². The molecule has 1 aromatic carbocycles. The summed E-state index contributed by atoms with van der Waals surface area (Å²) < 4.78 is 85.7. The molecule has 0 aliphatic rings. The molecule has 0 bridgehead atoms. The molecular weight excluding hydrogens is 418 g/mol. The minimum Gasteiger partial charge on any atom is -0.463 e. The standard InChI is InChI=1S/C16H17ClF6N2O3/c1-3-5-12(26)25-14(16(21,22)23,13(27)28-4-2)24-11-7-6-9(17)8-10(11)15(18,19)20/h6-8,24H,3-5H2,1-2H3,(H,25,26)/t14-/m0/s1. The number of benzene rings is 1. The summed E-state index contributed by atoms with van der Waals surface area (Å²) in [5.41, 5.74) is -6.59. The van der Waals surface area contributed by atoms with Gasteiger partial charge in [0.25, 0.3) is 0 Å². The van der Waals surface area contributed by atoms with Crippen molar-refractivity contribution >= 4 is 29.2 Å². The molecule has 28 heavy (non-hydrogen) atoms. The zero-order valence-electron chi connectivity index (χ0n) is 14.7. The molecule has 1 amide bonds. The van der Waals surface area contributed by atoms with E-state index in [1.54, 1.807) is 0 Å². The number of rotatable bonds is 7. The predicted octanol–water partition coefficient (Wildman–Crippen LogP) is 4.51. The minimum absolute atomic E-state index is 0.136. The van der Waals surface area contributed by atoms with Gasteiger partial charge in [0.1, 0.15) is 0 Å². The monoisotopic (exact) mass is 434 g/mol. The Morgan fingerprint density at radius 2 is 1.71 bits per heavy atom. The molecule has 158 valence electrons. The molecule has 0 radical (unpaired) electrons. The Morgan fingerprint density at radius 1 is 1.11 bits per heavy atom. The molecule has 0 saturated heterocycles. The number of alkyl halides is 6. The van der Waals surface area contributed by atoms with Crippen molar-refractivity contribution in [1.82, 2.24) is 5.32 Å². The van der Waals surface area contributed by atoms with Crippen molar-refractivity contribution in [2.24, 2.45) is 0 Å². The normalized spacial score (nSPS) is 14.2. The maximum absolute atomic E-state index is 13.9. The van der Waals surface area contributed by atoms with Crippen molar-refractivity contribution < 1.29 is 40.7 Å². The second-order valence-corrected chi connectivity index (χ2v) is 6.02. The van der Waals surface area contributed by atoms with Gasteiger partial charge in [-0.15, -0.1) is 0 Å². The smallest absolute Gasteiger partial charge is 0.441 e. The molecule has 0 unspecified atom stereocenters. The Labute approximate surface area is 161 Å². The fourth-order valence-electron chi connectivity index (χ4n) is 2.19. The summed E-state index contributed by atoms with van der Waals surface area (Å²) in [4.78, 5) is 24.0. The van der Waals surface area contributed by atoms with Crippen molar-refractivity contribution in [3.05, 3.63) is 28.8 Å². The van der Waals surface area contributed by atoms with E-state index in [2.05, 4.69) is 4.74 Å². The molecule has 0 aliphatic heterocycles. The van der Waals surface area contributed by atoms with Gasteiger partial charge in [-0.1, -0.05) is 18.5 Å². The Bertz CT molecular complexity index is 723. The molecule has 2 N–H and O–H groups in total. The van der Waals surface area contributed by atoms with Crippen LogP contribution in [0, 0.1) is 0 Å². The third-order valence-corrected chi connectivity index (χ3v) is 3.66. The highest BCUT2D eigenvalue weighted by Crippen LogP contribution is 2.40. The van der Waals surface area contributed by atoms with Crippen molar-refractivity contribution in [2.45, 2.75) is 44.7 Å². The van der Waals surface area contributed by atoms with E-state index in [4.69, 9.17) is 11.6 Å². The van der Waals surface area contributed by atoms with Crippen LogP contribution in [0.3, 0.4) is 0 Å². The van der Waals surface area contributed by atoms with Crippen LogP contribution in [-0.2, 0) is 20.5 Å². The van der Waals surface area contributed by atoms with E-state index in [1.165, 1.54) is 24.5 Å². The summed E-state index contributed by atoms with van der Waals surface area (Å²) in [5, 5.41) is 2.56. The van der Waals surface area contributed by atoms with Gasteiger partial charge in [0.05, 0.1) is 12.2 Å². The van der Waals surface area contributed by atoms with E-state index in [0.717, 1.165) is 6.07 Å². The number of hydrogen-bond acceptors (Lipinski definition) is 4. The number of halogens is 7. The Hall–Kier alpha value is -2.17. The molecule has 0 saturated carbocycles. The van der Waals surface area contributed by atoms with Crippen LogP contribution in [0.4, 0.5) is 32.0 Å². The first-order chi connectivity index (χ1) is 12.8. The van der Waals surface area contributed by atoms with Crippen molar-refractivity contribution in [3.63, 3.8) is 0 Å². The number of anilines is 1. The lowest BCUT2D eigenvalue weighted by atomic mass is 10.1. The molecule has 5 nitrogen and oxygen atoms in total. The third-order valence-electron chi connectivity index (χ3n) is 3.42. The van der Waals surface area contributed by atoms with Crippen LogP contribution in [-0.4, -0.2) is 30.3 Å². The highest BCUT2D eigenvalue weighted by atomic mass is 35.5. The Balaban J connectivity index is 3.60. The topological polar surface area (TPSA) is 67.4 Å². The first kappa shape index (κ1) is 23.9. The van der Waals surface area contributed by atoms with Gasteiger partial charge in [0.15, 0.2) is 0 Å². The summed E-state index contributed by atoms with van der Waals surface area (Å²) >= 11 is 5.51.